The van der Waals surface area contributed by atoms with Crippen molar-refractivity contribution in [2.45, 2.75) is 71.3 Å². The van der Waals surface area contributed by atoms with Gasteiger partial charge in [-0.1, -0.05) is 51.9 Å². The number of nitrogens with zero attached hydrogens (tertiary/aromatic N) is 3. The Morgan fingerprint density at radius 1 is 0.844 bits per heavy atom. The quantitative estimate of drug-likeness (QED) is 0.324. The lowest BCUT2D eigenvalue weighted by atomic mass is 10.1. The molecule has 6 heteroatoms. The lowest BCUT2D eigenvalue weighted by Crippen LogP contribution is -2.46. The minimum absolute atomic E-state index is 0.606. The van der Waals surface area contributed by atoms with Gasteiger partial charge < -0.3 is 14.2 Å². The number of methoxy groups -OCH3 is 2. The number of unbranched alkanes of at least 4 members (excludes halogenated alkanes) is 7. The highest BCUT2D eigenvalue weighted by Gasteiger charge is 2.19. The van der Waals surface area contributed by atoms with Gasteiger partial charge in [0.1, 0.15) is 0 Å². The first-order valence-electron chi connectivity index (χ1n) is 12.4. The number of hydrogen-bond acceptors (Lipinski definition) is 6. The Balaban J connectivity index is 1.81. The maximum Gasteiger partial charge on any atom is 0.203 e. The molecule has 1 aromatic carbocycles. The molecule has 1 fully saturated rings. The van der Waals surface area contributed by atoms with Crippen molar-refractivity contribution in [2.24, 2.45) is 0 Å². The number of benzene rings is 1. The fourth-order valence-corrected chi connectivity index (χ4v) is 4.22. The summed E-state index contributed by atoms with van der Waals surface area (Å²) in [5.74, 6) is 2.20. The average Bonchev–Trinajstić information content (AvgIpc) is 2.82. The van der Waals surface area contributed by atoms with E-state index in [-0.39, 0.29) is 0 Å². The monoisotopic (exact) mass is 445 g/mol. The zero-order valence-electron chi connectivity index (χ0n) is 20.5. The van der Waals surface area contributed by atoms with Crippen LogP contribution in [0.3, 0.4) is 0 Å². The molecule has 0 radical (unpaired) electrons. The smallest absolute Gasteiger partial charge is 0.203 e. The molecule has 0 bridgehead atoms. The highest BCUT2D eigenvalue weighted by molar-refractivity contribution is 5.53. The number of ether oxygens (including phenoxy) is 3. The van der Waals surface area contributed by atoms with E-state index in [4.69, 9.17) is 19.5 Å². The molecule has 1 aromatic rings. The summed E-state index contributed by atoms with van der Waals surface area (Å²) in [5, 5.41) is 8.77. The highest BCUT2D eigenvalue weighted by Crippen LogP contribution is 2.39. The summed E-state index contributed by atoms with van der Waals surface area (Å²) in [4.78, 5) is 4.81. The summed E-state index contributed by atoms with van der Waals surface area (Å²) in [6.45, 7) is 8.71. The van der Waals surface area contributed by atoms with E-state index < -0.39 is 0 Å². The third-order valence-corrected chi connectivity index (χ3v) is 6.18. The molecule has 1 saturated heterocycles. The second-order valence-corrected chi connectivity index (χ2v) is 8.68. The van der Waals surface area contributed by atoms with Crippen LogP contribution >= 0.6 is 0 Å². The van der Waals surface area contributed by atoms with Crippen LogP contribution in [-0.2, 0) is 6.54 Å². The Bertz CT molecular complexity index is 656. The van der Waals surface area contributed by atoms with E-state index in [1.807, 2.05) is 0 Å². The van der Waals surface area contributed by atoms with Crippen molar-refractivity contribution in [2.75, 3.05) is 53.6 Å². The molecule has 0 N–H and O–H groups in total. The van der Waals surface area contributed by atoms with Crippen LogP contribution in [0, 0.1) is 11.3 Å². The lowest BCUT2D eigenvalue weighted by molar-refractivity contribution is 0.129. The second kappa shape index (κ2) is 15.8. The Hall–Kier alpha value is -1.97. The van der Waals surface area contributed by atoms with Gasteiger partial charge in [-0.25, -0.2) is 0 Å². The van der Waals surface area contributed by atoms with Gasteiger partial charge in [0, 0.05) is 45.7 Å². The standard InChI is InChI=1S/C26H43N3O3/c1-4-5-6-7-8-9-10-11-19-32-26-24(30-2)20-23(21-25(26)31-3)22-29-17-15-28(16-18-29)14-12-13-27/h20-21H,4-12,14-19,22H2,1-3H3. The molecule has 1 heterocycles. The van der Waals surface area contributed by atoms with E-state index in [1.54, 1.807) is 14.2 Å². The van der Waals surface area contributed by atoms with Gasteiger partial charge in [-0.05, 0) is 24.1 Å². The summed E-state index contributed by atoms with van der Waals surface area (Å²) in [6.07, 6.45) is 10.9. The van der Waals surface area contributed by atoms with E-state index in [1.165, 1.54) is 50.5 Å². The van der Waals surface area contributed by atoms with Crippen molar-refractivity contribution >= 4 is 0 Å². The van der Waals surface area contributed by atoms with Gasteiger partial charge in [-0.3, -0.25) is 9.80 Å². The van der Waals surface area contributed by atoms with Crippen LogP contribution < -0.4 is 14.2 Å². The van der Waals surface area contributed by atoms with E-state index >= 15 is 0 Å². The molecule has 6 nitrogen and oxygen atoms in total. The number of rotatable bonds is 16. The minimum Gasteiger partial charge on any atom is -0.493 e. The number of nitriles is 1. The van der Waals surface area contributed by atoms with Crippen LogP contribution in [0.2, 0.25) is 0 Å². The largest absolute Gasteiger partial charge is 0.493 e. The van der Waals surface area contributed by atoms with Crippen LogP contribution in [-0.4, -0.2) is 63.4 Å². The van der Waals surface area contributed by atoms with Crippen LogP contribution in [0.15, 0.2) is 12.1 Å². The van der Waals surface area contributed by atoms with E-state index in [2.05, 4.69) is 34.9 Å². The molecule has 0 aliphatic carbocycles. The lowest BCUT2D eigenvalue weighted by Gasteiger charge is -2.34. The van der Waals surface area contributed by atoms with Crippen molar-refractivity contribution in [3.63, 3.8) is 0 Å². The maximum absolute atomic E-state index is 8.77. The SMILES string of the molecule is CCCCCCCCCCOc1c(OC)cc(CN2CCN(CCC#N)CC2)cc1OC. The van der Waals surface area contributed by atoms with Gasteiger partial charge >= 0.3 is 0 Å². The van der Waals surface area contributed by atoms with Gasteiger partial charge in [0.15, 0.2) is 11.5 Å². The molecule has 0 atom stereocenters. The molecule has 0 unspecified atom stereocenters. The van der Waals surface area contributed by atoms with Crippen LogP contribution in [0.5, 0.6) is 17.2 Å². The summed E-state index contributed by atoms with van der Waals surface area (Å²) < 4.78 is 17.4. The molecular formula is C26H43N3O3. The van der Waals surface area contributed by atoms with Crippen molar-refractivity contribution in [1.29, 1.82) is 5.26 Å². The topological polar surface area (TPSA) is 58.0 Å². The third-order valence-electron chi connectivity index (χ3n) is 6.18. The summed E-state index contributed by atoms with van der Waals surface area (Å²) in [5.41, 5.74) is 1.17. The van der Waals surface area contributed by atoms with Gasteiger partial charge in [0.2, 0.25) is 5.75 Å². The predicted octanol–water partition coefficient (Wildman–Crippen LogP) is 5.25. The molecule has 2 rings (SSSR count). The van der Waals surface area contributed by atoms with Crippen molar-refractivity contribution in [1.82, 2.24) is 9.80 Å². The third kappa shape index (κ3) is 9.26. The molecule has 0 spiro atoms. The van der Waals surface area contributed by atoms with E-state index in [0.29, 0.717) is 18.8 Å². The van der Waals surface area contributed by atoms with Crippen molar-refractivity contribution < 1.29 is 14.2 Å². The molecule has 1 aliphatic rings. The molecule has 180 valence electrons. The molecular weight excluding hydrogens is 402 g/mol. The normalized spacial score (nSPS) is 14.8. The molecule has 1 aliphatic heterocycles. The first-order chi connectivity index (χ1) is 15.7. The van der Waals surface area contributed by atoms with Gasteiger partial charge in [0.25, 0.3) is 0 Å². The van der Waals surface area contributed by atoms with Crippen LogP contribution in [0.25, 0.3) is 0 Å². The van der Waals surface area contributed by atoms with Gasteiger partial charge in [-0.2, -0.15) is 5.26 Å². The fraction of sp³-hybridized carbons (Fsp3) is 0.731. The summed E-state index contributed by atoms with van der Waals surface area (Å²) >= 11 is 0. The Morgan fingerprint density at radius 2 is 1.41 bits per heavy atom. The zero-order chi connectivity index (χ0) is 23.0. The van der Waals surface area contributed by atoms with Crippen molar-refractivity contribution in [3.8, 4) is 23.3 Å². The molecule has 32 heavy (non-hydrogen) atoms. The average molecular weight is 446 g/mol. The Morgan fingerprint density at radius 3 is 1.97 bits per heavy atom. The first kappa shape index (κ1) is 26.3. The molecule has 0 amide bonds. The van der Waals surface area contributed by atoms with Crippen molar-refractivity contribution in [3.05, 3.63) is 17.7 Å². The van der Waals surface area contributed by atoms with E-state index in [9.17, 15) is 0 Å². The fourth-order valence-electron chi connectivity index (χ4n) is 4.22. The van der Waals surface area contributed by atoms with Gasteiger partial charge in [-0.15, -0.1) is 0 Å². The van der Waals surface area contributed by atoms with Gasteiger partial charge in [0.05, 0.1) is 26.9 Å². The number of hydrogen-bond donors (Lipinski definition) is 0. The zero-order valence-corrected chi connectivity index (χ0v) is 20.5. The summed E-state index contributed by atoms with van der Waals surface area (Å²) in [7, 11) is 3.38. The Labute approximate surface area is 195 Å². The summed E-state index contributed by atoms with van der Waals surface area (Å²) in [6, 6.07) is 6.39. The van der Waals surface area contributed by atoms with E-state index in [0.717, 1.165) is 57.2 Å². The van der Waals surface area contributed by atoms with Crippen LogP contribution in [0.1, 0.15) is 70.3 Å². The molecule has 0 saturated carbocycles. The second-order valence-electron chi connectivity index (χ2n) is 8.68. The Kier molecular flexibility index (Phi) is 13.0. The first-order valence-corrected chi connectivity index (χ1v) is 12.4. The predicted molar refractivity (Wildman–Crippen MR) is 130 cm³/mol. The number of piperazine rings is 1. The van der Waals surface area contributed by atoms with Crippen LogP contribution in [0.4, 0.5) is 0 Å². The maximum atomic E-state index is 8.77. The molecule has 0 aromatic heterocycles. The highest BCUT2D eigenvalue weighted by atomic mass is 16.5. The minimum atomic E-state index is 0.606.